The molecule has 34 heavy (non-hydrogen) atoms. The molecule has 178 valence electrons. The summed E-state index contributed by atoms with van der Waals surface area (Å²) in [5.41, 5.74) is 2.70. The minimum absolute atomic E-state index is 0.0275. The van der Waals surface area contributed by atoms with Crippen LogP contribution < -0.4 is 5.32 Å². The first-order valence-electron chi connectivity index (χ1n) is 11.0. The second-order valence-electron chi connectivity index (χ2n) is 8.10. The van der Waals surface area contributed by atoms with E-state index in [1.807, 2.05) is 6.92 Å². The fraction of sp³-hybridized carbons (Fsp3) is 0.391. The number of fused-ring (bicyclic) bond motifs is 1. The molecule has 0 fully saturated rings. The molecule has 4 rings (SSSR count). The fourth-order valence-electron chi connectivity index (χ4n) is 3.77. The average Bonchev–Trinajstić information content (AvgIpc) is 3.36. The molecule has 1 atom stereocenters. The SMILES string of the molecule is COCCC(=O)N1CCc2cnc(C(=O)Nc3cccc(-c4nncn4[C@H](C)CO)n3)cc2C1. The Balaban J connectivity index is 1.49. The number of anilines is 1. The largest absolute Gasteiger partial charge is 0.394 e. The first kappa shape index (κ1) is 23.5. The minimum Gasteiger partial charge on any atom is -0.394 e. The Labute approximate surface area is 196 Å². The summed E-state index contributed by atoms with van der Waals surface area (Å²) in [5, 5.41) is 20.2. The number of nitrogens with zero attached hydrogens (tertiary/aromatic N) is 6. The maximum Gasteiger partial charge on any atom is 0.275 e. The van der Waals surface area contributed by atoms with Gasteiger partial charge in [-0.25, -0.2) is 4.98 Å². The van der Waals surface area contributed by atoms with Crippen molar-refractivity contribution in [3.63, 3.8) is 0 Å². The number of methoxy groups -OCH3 is 1. The van der Waals surface area contributed by atoms with Gasteiger partial charge in [0.1, 0.15) is 23.5 Å². The van der Waals surface area contributed by atoms with E-state index in [1.165, 1.54) is 6.33 Å². The van der Waals surface area contributed by atoms with Crippen molar-refractivity contribution < 1.29 is 19.4 Å². The van der Waals surface area contributed by atoms with Crippen molar-refractivity contribution in [3.8, 4) is 11.5 Å². The number of hydrogen-bond acceptors (Lipinski definition) is 8. The number of rotatable bonds is 8. The zero-order valence-electron chi connectivity index (χ0n) is 19.1. The Bertz CT molecular complexity index is 1180. The van der Waals surface area contributed by atoms with Crippen LogP contribution in [0.1, 0.15) is 41.0 Å². The smallest absolute Gasteiger partial charge is 0.275 e. The number of aliphatic hydroxyl groups excluding tert-OH is 1. The van der Waals surface area contributed by atoms with Crippen LogP contribution in [0.4, 0.5) is 5.82 Å². The van der Waals surface area contributed by atoms with Crippen LogP contribution in [0.5, 0.6) is 0 Å². The summed E-state index contributed by atoms with van der Waals surface area (Å²) in [6, 6.07) is 6.69. The molecule has 11 heteroatoms. The van der Waals surface area contributed by atoms with Crippen molar-refractivity contribution in [2.24, 2.45) is 0 Å². The van der Waals surface area contributed by atoms with Gasteiger partial charge in [-0.2, -0.15) is 0 Å². The lowest BCUT2D eigenvalue weighted by molar-refractivity contribution is -0.133. The molecule has 0 aliphatic carbocycles. The second kappa shape index (κ2) is 10.5. The van der Waals surface area contributed by atoms with Crippen molar-refractivity contribution in [2.45, 2.75) is 32.4 Å². The van der Waals surface area contributed by atoms with Gasteiger partial charge in [0.2, 0.25) is 5.91 Å². The zero-order valence-corrected chi connectivity index (χ0v) is 19.1. The molecule has 4 heterocycles. The summed E-state index contributed by atoms with van der Waals surface area (Å²) in [6.45, 7) is 3.22. The number of nitrogens with one attached hydrogen (secondary N) is 1. The summed E-state index contributed by atoms with van der Waals surface area (Å²) in [4.78, 5) is 35.8. The highest BCUT2D eigenvalue weighted by Gasteiger charge is 2.22. The Morgan fingerprint density at radius 1 is 1.29 bits per heavy atom. The quantitative estimate of drug-likeness (QED) is 0.510. The molecule has 0 aromatic carbocycles. The maximum atomic E-state index is 12.9. The summed E-state index contributed by atoms with van der Waals surface area (Å²) in [7, 11) is 1.57. The molecule has 2 N–H and O–H groups in total. The van der Waals surface area contributed by atoms with E-state index < -0.39 is 5.91 Å². The zero-order chi connectivity index (χ0) is 24.1. The van der Waals surface area contributed by atoms with Gasteiger partial charge >= 0.3 is 0 Å². The van der Waals surface area contributed by atoms with Crippen LogP contribution in [0.25, 0.3) is 11.5 Å². The third-order valence-corrected chi connectivity index (χ3v) is 5.73. The van der Waals surface area contributed by atoms with Gasteiger partial charge in [-0.1, -0.05) is 6.07 Å². The molecule has 0 radical (unpaired) electrons. The lowest BCUT2D eigenvalue weighted by Gasteiger charge is -2.29. The summed E-state index contributed by atoms with van der Waals surface area (Å²) >= 11 is 0. The Morgan fingerprint density at radius 2 is 2.15 bits per heavy atom. The van der Waals surface area contributed by atoms with Gasteiger partial charge in [-0.15, -0.1) is 10.2 Å². The lowest BCUT2D eigenvalue weighted by atomic mass is 10.0. The standard InChI is InChI=1S/C23H27N7O4/c1-15(13-31)30-14-25-28-22(30)18-4-3-5-20(26-18)27-23(33)19-10-17-12-29(21(32)7-9-34-2)8-6-16(17)11-24-19/h3-5,10-11,14-15,31H,6-9,12-13H2,1-2H3,(H,26,27,33)/t15-/m1/s1. The molecule has 11 nitrogen and oxygen atoms in total. The van der Waals surface area contributed by atoms with E-state index in [9.17, 15) is 14.7 Å². The van der Waals surface area contributed by atoms with Crippen LogP contribution in [0.15, 0.2) is 36.8 Å². The van der Waals surface area contributed by atoms with Crippen molar-refractivity contribution in [1.29, 1.82) is 0 Å². The molecule has 0 saturated carbocycles. The number of carbonyl (C=O) groups excluding carboxylic acids is 2. The number of hydrogen-bond donors (Lipinski definition) is 2. The summed E-state index contributed by atoms with van der Waals surface area (Å²) in [5.74, 6) is 0.451. The van der Waals surface area contributed by atoms with Crippen molar-refractivity contribution >= 4 is 17.6 Å². The van der Waals surface area contributed by atoms with Crippen LogP contribution >= 0.6 is 0 Å². The van der Waals surface area contributed by atoms with E-state index in [1.54, 1.807) is 47.0 Å². The molecular formula is C23H27N7O4. The van der Waals surface area contributed by atoms with Crippen LogP contribution in [0, 0.1) is 0 Å². The lowest BCUT2D eigenvalue weighted by Crippen LogP contribution is -2.36. The van der Waals surface area contributed by atoms with E-state index >= 15 is 0 Å². The Morgan fingerprint density at radius 3 is 2.94 bits per heavy atom. The molecule has 2 amide bonds. The number of aromatic nitrogens is 5. The molecule has 0 spiro atoms. The van der Waals surface area contributed by atoms with E-state index in [0.717, 1.165) is 11.1 Å². The first-order chi connectivity index (χ1) is 16.5. The second-order valence-corrected chi connectivity index (χ2v) is 8.10. The minimum atomic E-state index is -0.402. The monoisotopic (exact) mass is 465 g/mol. The maximum absolute atomic E-state index is 12.9. The van der Waals surface area contributed by atoms with Crippen molar-refractivity contribution in [1.82, 2.24) is 29.6 Å². The summed E-state index contributed by atoms with van der Waals surface area (Å²) < 4.78 is 6.72. The van der Waals surface area contributed by atoms with Gasteiger partial charge < -0.3 is 24.6 Å². The fourth-order valence-corrected chi connectivity index (χ4v) is 3.77. The van der Waals surface area contributed by atoms with E-state index in [2.05, 4.69) is 25.5 Å². The molecule has 1 aliphatic rings. The molecule has 1 aliphatic heterocycles. The van der Waals surface area contributed by atoms with Crippen LogP contribution in [0.2, 0.25) is 0 Å². The Hall–Kier alpha value is -3.70. The van der Waals surface area contributed by atoms with E-state index in [-0.39, 0.29) is 24.2 Å². The van der Waals surface area contributed by atoms with Gasteiger partial charge in [0.15, 0.2) is 5.82 Å². The normalized spacial score (nSPS) is 13.9. The van der Waals surface area contributed by atoms with Gasteiger partial charge in [-0.3, -0.25) is 14.6 Å². The third-order valence-electron chi connectivity index (χ3n) is 5.73. The molecule has 0 bridgehead atoms. The highest BCUT2D eigenvalue weighted by molar-refractivity contribution is 6.02. The van der Waals surface area contributed by atoms with Gasteiger partial charge in [0.25, 0.3) is 5.91 Å². The molecule has 0 unspecified atom stereocenters. The van der Waals surface area contributed by atoms with E-state index in [4.69, 9.17) is 4.74 Å². The topological polar surface area (TPSA) is 135 Å². The number of carbonyl (C=O) groups is 2. The van der Waals surface area contributed by atoms with Gasteiger partial charge in [-0.05, 0) is 42.7 Å². The predicted molar refractivity (Wildman–Crippen MR) is 123 cm³/mol. The first-order valence-corrected chi connectivity index (χ1v) is 11.0. The summed E-state index contributed by atoms with van der Waals surface area (Å²) in [6.07, 6.45) is 4.25. The average molecular weight is 466 g/mol. The number of ether oxygens (including phenoxy) is 1. The third kappa shape index (κ3) is 5.10. The molecule has 0 saturated heterocycles. The van der Waals surface area contributed by atoms with Crippen LogP contribution in [0.3, 0.4) is 0 Å². The molecule has 3 aromatic heterocycles. The van der Waals surface area contributed by atoms with Crippen LogP contribution in [-0.2, 0) is 22.5 Å². The van der Waals surface area contributed by atoms with Gasteiger partial charge in [0, 0.05) is 26.4 Å². The number of amides is 2. The number of pyridine rings is 2. The van der Waals surface area contributed by atoms with E-state index in [0.29, 0.717) is 49.9 Å². The van der Waals surface area contributed by atoms with Crippen molar-refractivity contribution in [2.75, 3.05) is 32.2 Å². The van der Waals surface area contributed by atoms with Gasteiger partial charge in [0.05, 0.1) is 25.7 Å². The predicted octanol–water partition coefficient (Wildman–Crippen LogP) is 1.46. The molecule has 3 aromatic rings. The number of aliphatic hydroxyl groups is 1. The Kier molecular flexibility index (Phi) is 7.24. The molecular weight excluding hydrogens is 438 g/mol. The van der Waals surface area contributed by atoms with Crippen LogP contribution in [-0.4, -0.2) is 73.4 Å². The van der Waals surface area contributed by atoms with Crippen molar-refractivity contribution in [3.05, 3.63) is 53.6 Å². The highest BCUT2D eigenvalue weighted by atomic mass is 16.5. The highest BCUT2D eigenvalue weighted by Crippen LogP contribution is 2.22.